The van der Waals surface area contributed by atoms with Gasteiger partial charge >= 0.3 is 0 Å². The zero-order valence-corrected chi connectivity index (χ0v) is 13.5. The van der Waals surface area contributed by atoms with Crippen LogP contribution >= 0.6 is 0 Å². The maximum absolute atomic E-state index is 12.4. The first-order valence-electron chi connectivity index (χ1n) is 8.19. The minimum absolute atomic E-state index is 0.0565. The predicted octanol–water partition coefficient (Wildman–Crippen LogP) is 2.45. The van der Waals surface area contributed by atoms with Gasteiger partial charge in [0.2, 0.25) is 0 Å². The highest BCUT2D eigenvalue weighted by Crippen LogP contribution is 2.34. The Hall–Kier alpha value is -2.14. The molecule has 1 amide bonds. The molecule has 2 N–H and O–H groups in total. The first-order valence-corrected chi connectivity index (χ1v) is 8.19. The quantitative estimate of drug-likeness (QED) is 0.891. The lowest BCUT2D eigenvalue weighted by Crippen LogP contribution is -2.44. The van der Waals surface area contributed by atoms with Crippen LogP contribution in [0.1, 0.15) is 41.5 Å². The first kappa shape index (κ1) is 15.7. The number of carbonyl (C=O) groups is 1. The highest BCUT2D eigenvalue weighted by molar-refractivity contribution is 5.92. The number of aromatic nitrogens is 2. The van der Waals surface area contributed by atoms with Crippen LogP contribution in [0.3, 0.4) is 0 Å². The van der Waals surface area contributed by atoms with Gasteiger partial charge in [-0.05, 0) is 30.9 Å². The molecule has 2 heterocycles. The molecule has 0 spiro atoms. The van der Waals surface area contributed by atoms with Crippen LogP contribution < -0.4 is 5.32 Å². The molecule has 5 nitrogen and oxygen atoms in total. The van der Waals surface area contributed by atoms with Crippen LogP contribution in [-0.2, 0) is 16.6 Å². The number of hydrogen-bond donors (Lipinski definition) is 2. The van der Waals surface area contributed by atoms with Crippen molar-refractivity contribution in [2.45, 2.75) is 31.6 Å². The number of aryl methyl sites for hydroxylation is 1. The average Bonchev–Trinajstić information content (AvgIpc) is 3.10. The summed E-state index contributed by atoms with van der Waals surface area (Å²) in [5.74, 6) is -0.122. The molecular formula is C18H23N3O2. The molecule has 0 atom stereocenters. The molecular weight excluding hydrogens is 290 g/mol. The van der Waals surface area contributed by atoms with Gasteiger partial charge in [0.15, 0.2) is 0 Å². The Kier molecular flexibility index (Phi) is 4.76. The molecule has 5 heteroatoms. The van der Waals surface area contributed by atoms with E-state index in [4.69, 9.17) is 4.74 Å². The number of H-pyrrole nitrogens is 1. The Morgan fingerprint density at radius 1 is 1.30 bits per heavy atom. The molecule has 3 rings (SSSR count). The van der Waals surface area contributed by atoms with Crippen molar-refractivity contribution in [2.75, 3.05) is 19.8 Å². The maximum atomic E-state index is 12.4. The number of amides is 1. The molecule has 23 heavy (non-hydrogen) atoms. The SMILES string of the molecule is CCc1cc(C(=O)NCC2(c3ccccc3)CCOCC2)n[nH]1. The third-order valence-corrected chi connectivity index (χ3v) is 4.67. The highest BCUT2D eigenvalue weighted by Gasteiger charge is 2.34. The third-order valence-electron chi connectivity index (χ3n) is 4.67. The van der Waals surface area contributed by atoms with Gasteiger partial charge in [-0.3, -0.25) is 9.89 Å². The van der Waals surface area contributed by atoms with Gasteiger partial charge in [0, 0.05) is 30.9 Å². The molecule has 0 aliphatic carbocycles. The molecule has 1 fully saturated rings. The van der Waals surface area contributed by atoms with Crippen molar-refractivity contribution < 1.29 is 9.53 Å². The molecule has 1 aromatic heterocycles. The highest BCUT2D eigenvalue weighted by atomic mass is 16.5. The lowest BCUT2D eigenvalue weighted by molar-refractivity contribution is 0.0486. The molecule has 1 aliphatic rings. The lowest BCUT2D eigenvalue weighted by atomic mass is 9.74. The Bertz CT molecular complexity index is 645. The number of nitrogens with zero attached hydrogens (tertiary/aromatic N) is 1. The van der Waals surface area contributed by atoms with Gasteiger partial charge in [-0.15, -0.1) is 0 Å². The summed E-state index contributed by atoms with van der Waals surface area (Å²) < 4.78 is 5.53. The number of aromatic amines is 1. The van der Waals surface area contributed by atoms with E-state index < -0.39 is 0 Å². The summed E-state index contributed by atoms with van der Waals surface area (Å²) in [5, 5.41) is 10.0. The second kappa shape index (κ2) is 6.96. The average molecular weight is 313 g/mol. The summed E-state index contributed by atoms with van der Waals surface area (Å²) in [6, 6.07) is 12.2. The molecule has 122 valence electrons. The summed E-state index contributed by atoms with van der Waals surface area (Å²) in [6.45, 7) is 4.09. The predicted molar refractivity (Wildman–Crippen MR) is 88.5 cm³/mol. The fourth-order valence-electron chi connectivity index (χ4n) is 3.12. The molecule has 1 aromatic carbocycles. The summed E-state index contributed by atoms with van der Waals surface area (Å²) in [7, 11) is 0. The minimum atomic E-state index is -0.122. The number of ether oxygens (including phenoxy) is 1. The van der Waals surface area contributed by atoms with Crippen LogP contribution in [0.4, 0.5) is 0 Å². The summed E-state index contributed by atoms with van der Waals surface area (Å²) in [5.41, 5.74) is 2.63. The van der Waals surface area contributed by atoms with Crippen LogP contribution in [0.5, 0.6) is 0 Å². The van der Waals surface area contributed by atoms with Crippen LogP contribution in [0.25, 0.3) is 0 Å². The van der Waals surface area contributed by atoms with E-state index in [0.29, 0.717) is 12.2 Å². The van der Waals surface area contributed by atoms with Crippen LogP contribution in [0.15, 0.2) is 36.4 Å². The largest absolute Gasteiger partial charge is 0.381 e. The van der Waals surface area contributed by atoms with Gasteiger partial charge in [-0.2, -0.15) is 5.10 Å². The minimum Gasteiger partial charge on any atom is -0.381 e. The van der Waals surface area contributed by atoms with E-state index in [-0.39, 0.29) is 11.3 Å². The van der Waals surface area contributed by atoms with E-state index in [1.165, 1.54) is 5.56 Å². The topological polar surface area (TPSA) is 67.0 Å². The first-order chi connectivity index (χ1) is 11.2. The van der Waals surface area contributed by atoms with Crippen LogP contribution in [-0.4, -0.2) is 35.9 Å². The lowest BCUT2D eigenvalue weighted by Gasteiger charge is -2.37. The molecule has 2 aromatic rings. The molecule has 1 saturated heterocycles. The van der Waals surface area contributed by atoms with Gasteiger partial charge < -0.3 is 10.1 Å². The zero-order chi connectivity index (χ0) is 16.1. The molecule has 0 saturated carbocycles. The van der Waals surface area contributed by atoms with E-state index >= 15 is 0 Å². The van der Waals surface area contributed by atoms with Crippen LogP contribution in [0, 0.1) is 0 Å². The van der Waals surface area contributed by atoms with Crippen molar-refractivity contribution in [3.63, 3.8) is 0 Å². The number of carbonyl (C=O) groups excluding carboxylic acids is 1. The van der Waals surface area contributed by atoms with E-state index in [0.717, 1.165) is 38.2 Å². The third kappa shape index (κ3) is 3.45. The number of benzene rings is 1. The maximum Gasteiger partial charge on any atom is 0.271 e. The molecule has 0 bridgehead atoms. The van der Waals surface area contributed by atoms with Crippen LogP contribution in [0.2, 0.25) is 0 Å². The van der Waals surface area contributed by atoms with Crippen molar-refractivity contribution in [1.82, 2.24) is 15.5 Å². The Morgan fingerprint density at radius 3 is 2.70 bits per heavy atom. The Labute approximate surface area is 136 Å². The number of rotatable bonds is 5. The number of hydrogen-bond acceptors (Lipinski definition) is 3. The molecule has 0 unspecified atom stereocenters. The van der Waals surface area contributed by atoms with Gasteiger partial charge in [-0.1, -0.05) is 37.3 Å². The number of nitrogens with one attached hydrogen (secondary N) is 2. The van der Waals surface area contributed by atoms with Gasteiger partial charge in [-0.25, -0.2) is 0 Å². The monoisotopic (exact) mass is 313 g/mol. The normalized spacial score (nSPS) is 16.9. The zero-order valence-electron chi connectivity index (χ0n) is 13.5. The second-order valence-corrected chi connectivity index (χ2v) is 6.07. The Balaban J connectivity index is 1.73. The van der Waals surface area contributed by atoms with E-state index in [2.05, 4.69) is 39.8 Å². The summed E-state index contributed by atoms with van der Waals surface area (Å²) in [4.78, 5) is 12.4. The van der Waals surface area contributed by atoms with Crippen molar-refractivity contribution in [3.8, 4) is 0 Å². The fourth-order valence-corrected chi connectivity index (χ4v) is 3.12. The van der Waals surface area contributed by atoms with E-state index in [1.54, 1.807) is 0 Å². The van der Waals surface area contributed by atoms with Gasteiger partial charge in [0.05, 0.1) is 0 Å². The van der Waals surface area contributed by atoms with E-state index in [1.807, 2.05) is 19.1 Å². The van der Waals surface area contributed by atoms with Crippen molar-refractivity contribution in [2.24, 2.45) is 0 Å². The van der Waals surface area contributed by atoms with E-state index in [9.17, 15) is 4.79 Å². The van der Waals surface area contributed by atoms with Crippen molar-refractivity contribution >= 4 is 5.91 Å². The Morgan fingerprint density at radius 2 is 2.04 bits per heavy atom. The van der Waals surface area contributed by atoms with Crippen molar-refractivity contribution in [1.29, 1.82) is 0 Å². The van der Waals surface area contributed by atoms with Gasteiger partial charge in [0.1, 0.15) is 5.69 Å². The summed E-state index contributed by atoms with van der Waals surface area (Å²) >= 11 is 0. The second-order valence-electron chi connectivity index (χ2n) is 6.07. The fraction of sp³-hybridized carbons (Fsp3) is 0.444. The standard InChI is InChI=1S/C18H23N3O2/c1-2-15-12-16(21-20-15)17(22)19-13-18(8-10-23-11-9-18)14-6-4-3-5-7-14/h3-7,12H,2,8-11,13H2,1H3,(H,19,22)(H,20,21). The molecule has 1 aliphatic heterocycles. The summed E-state index contributed by atoms with van der Waals surface area (Å²) in [6.07, 6.45) is 2.67. The van der Waals surface area contributed by atoms with Crippen molar-refractivity contribution in [3.05, 3.63) is 53.3 Å². The molecule has 0 radical (unpaired) electrons. The smallest absolute Gasteiger partial charge is 0.271 e. The van der Waals surface area contributed by atoms with Gasteiger partial charge in [0.25, 0.3) is 5.91 Å².